The van der Waals surface area contributed by atoms with Gasteiger partial charge in [0.15, 0.2) is 5.89 Å². The average Bonchev–Trinajstić information content (AvgIpc) is 3.42. The molecule has 4 rings (SSSR count). The summed E-state index contributed by atoms with van der Waals surface area (Å²) in [7, 11) is -3.69. The van der Waals surface area contributed by atoms with Gasteiger partial charge in [-0.15, -0.1) is 11.3 Å². The van der Waals surface area contributed by atoms with E-state index in [0.29, 0.717) is 11.6 Å². The minimum Gasteiger partial charge on any atom is -0.449 e. The lowest BCUT2D eigenvalue weighted by Crippen LogP contribution is -2.28. The van der Waals surface area contributed by atoms with Gasteiger partial charge in [0, 0.05) is 17.4 Å². The number of oxazole rings is 1. The highest BCUT2D eigenvalue weighted by Crippen LogP contribution is 2.29. The Kier molecular flexibility index (Phi) is 4.96. The van der Waals surface area contributed by atoms with Gasteiger partial charge in [-0.3, -0.25) is 0 Å². The zero-order chi connectivity index (χ0) is 18.9. The summed E-state index contributed by atoms with van der Waals surface area (Å²) in [6.45, 7) is 1.77. The Bertz CT molecular complexity index is 1080. The molecule has 5 nitrogen and oxygen atoms in total. The Hall–Kier alpha value is -2.26. The normalized spacial score (nSPS) is 12.9. The van der Waals surface area contributed by atoms with Crippen molar-refractivity contribution in [1.29, 1.82) is 0 Å². The zero-order valence-corrected chi connectivity index (χ0v) is 16.8. The van der Waals surface area contributed by atoms with Gasteiger partial charge in [0.25, 0.3) is 0 Å². The van der Waals surface area contributed by atoms with Crippen LogP contribution in [-0.2, 0) is 10.0 Å². The molecule has 1 atom stereocenters. The fourth-order valence-corrected chi connectivity index (χ4v) is 5.48. The summed E-state index contributed by atoms with van der Waals surface area (Å²) in [5.41, 5.74) is 2.42. The molecule has 3 aromatic heterocycles. The van der Waals surface area contributed by atoms with E-state index in [1.54, 1.807) is 48.8 Å². The molecule has 0 saturated carbocycles. The van der Waals surface area contributed by atoms with Crippen molar-refractivity contribution in [3.05, 3.63) is 81.2 Å². The van der Waals surface area contributed by atoms with E-state index in [9.17, 15) is 8.42 Å². The highest BCUT2D eigenvalue weighted by Gasteiger charge is 2.24. The van der Waals surface area contributed by atoms with Crippen LogP contribution < -0.4 is 4.72 Å². The highest BCUT2D eigenvalue weighted by atomic mass is 32.2. The van der Waals surface area contributed by atoms with E-state index in [1.807, 2.05) is 34.3 Å². The van der Waals surface area contributed by atoms with Gasteiger partial charge in [0.2, 0.25) is 10.0 Å². The molecule has 0 radical (unpaired) electrons. The predicted octanol–water partition coefficient (Wildman–Crippen LogP) is 4.84. The molecular weight excluding hydrogens is 400 g/mol. The Morgan fingerprint density at radius 1 is 1.11 bits per heavy atom. The lowest BCUT2D eigenvalue weighted by molar-refractivity contribution is 0.521. The molecule has 4 aromatic rings. The molecule has 0 amide bonds. The summed E-state index contributed by atoms with van der Waals surface area (Å²) in [6, 6.07) is 12.0. The van der Waals surface area contributed by atoms with E-state index >= 15 is 0 Å². The predicted molar refractivity (Wildman–Crippen MR) is 107 cm³/mol. The number of hydrogen-bond acceptors (Lipinski definition) is 6. The molecule has 1 N–H and O–H groups in total. The summed E-state index contributed by atoms with van der Waals surface area (Å²) in [5, 5.41) is 5.85. The fraction of sp³-hybridized carbons (Fsp3) is 0.105. The highest BCUT2D eigenvalue weighted by molar-refractivity contribution is 7.89. The Labute approximate surface area is 165 Å². The van der Waals surface area contributed by atoms with Gasteiger partial charge in [-0.2, -0.15) is 16.1 Å². The maximum Gasteiger partial charge on any atom is 0.241 e. The number of rotatable bonds is 6. The number of benzene rings is 1. The minimum absolute atomic E-state index is 0.211. The van der Waals surface area contributed by atoms with Gasteiger partial charge in [-0.25, -0.2) is 13.4 Å². The average molecular weight is 417 g/mol. The molecule has 1 unspecified atom stereocenters. The smallest absolute Gasteiger partial charge is 0.241 e. The van der Waals surface area contributed by atoms with E-state index in [0.717, 1.165) is 16.0 Å². The van der Waals surface area contributed by atoms with Crippen molar-refractivity contribution in [3.8, 4) is 11.3 Å². The Morgan fingerprint density at radius 2 is 1.93 bits per heavy atom. The molecule has 0 aliphatic carbocycles. The third kappa shape index (κ3) is 3.89. The molecule has 27 heavy (non-hydrogen) atoms. The van der Waals surface area contributed by atoms with Gasteiger partial charge in [-0.05, 0) is 46.0 Å². The standard InChI is InChI=1S/C19H16N2O3S3/c1-13-20-17(11-24-13)14-4-6-16(7-5-14)27(22,23)21-19(15-8-10-25-12-15)18-3-2-9-26-18/h2-12,19,21H,1H3. The lowest BCUT2D eigenvalue weighted by Gasteiger charge is -2.17. The number of nitrogens with one attached hydrogen (secondary N) is 1. The van der Waals surface area contributed by atoms with E-state index < -0.39 is 16.1 Å². The molecule has 8 heteroatoms. The molecule has 0 aliphatic rings. The van der Waals surface area contributed by atoms with E-state index in [2.05, 4.69) is 9.71 Å². The van der Waals surface area contributed by atoms with Crippen LogP contribution in [0.15, 0.2) is 74.2 Å². The molecule has 0 fully saturated rings. The maximum absolute atomic E-state index is 12.9. The van der Waals surface area contributed by atoms with Crippen molar-refractivity contribution in [2.24, 2.45) is 0 Å². The van der Waals surface area contributed by atoms with Crippen molar-refractivity contribution in [1.82, 2.24) is 9.71 Å². The first kappa shape index (κ1) is 18.1. The van der Waals surface area contributed by atoms with Crippen LogP contribution in [0.4, 0.5) is 0 Å². The molecule has 0 spiro atoms. The largest absolute Gasteiger partial charge is 0.449 e. The monoisotopic (exact) mass is 416 g/mol. The minimum atomic E-state index is -3.69. The van der Waals surface area contributed by atoms with Gasteiger partial charge in [0.05, 0.1) is 10.9 Å². The van der Waals surface area contributed by atoms with Crippen LogP contribution in [0.25, 0.3) is 11.3 Å². The second-order valence-electron chi connectivity index (χ2n) is 5.90. The van der Waals surface area contributed by atoms with Crippen molar-refractivity contribution < 1.29 is 12.8 Å². The number of sulfonamides is 1. The fourth-order valence-electron chi connectivity index (χ4n) is 2.71. The van der Waals surface area contributed by atoms with Gasteiger partial charge >= 0.3 is 0 Å². The number of aryl methyl sites for hydroxylation is 1. The first-order chi connectivity index (χ1) is 13.0. The molecule has 0 bridgehead atoms. The summed E-state index contributed by atoms with van der Waals surface area (Å²) < 4.78 is 33.9. The Morgan fingerprint density at radius 3 is 2.52 bits per heavy atom. The van der Waals surface area contributed by atoms with E-state index in [1.165, 1.54) is 11.3 Å². The second kappa shape index (κ2) is 7.40. The maximum atomic E-state index is 12.9. The quantitative estimate of drug-likeness (QED) is 0.488. The number of aromatic nitrogens is 1. The number of nitrogens with zero attached hydrogens (tertiary/aromatic N) is 1. The van der Waals surface area contributed by atoms with Crippen molar-refractivity contribution >= 4 is 32.7 Å². The van der Waals surface area contributed by atoms with Crippen LogP contribution in [0, 0.1) is 6.92 Å². The first-order valence-electron chi connectivity index (χ1n) is 8.13. The zero-order valence-electron chi connectivity index (χ0n) is 14.3. The third-order valence-corrected chi connectivity index (χ3v) is 7.13. The summed E-state index contributed by atoms with van der Waals surface area (Å²) in [6.07, 6.45) is 1.56. The van der Waals surface area contributed by atoms with Gasteiger partial charge in [-0.1, -0.05) is 18.2 Å². The van der Waals surface area contributed by atoms with Crippen molar-refractivity contribution in [3.63, 3.8) is 0 Å². The molecule has 138 valence electrons. The third-order valence-electron chi connectivity index (χ3n) is 4.06. The summed E-state index contributed by atoms with van der Waals surface area (Å²) in [5.74, 6) is 0.568. The van der Waals surface area contributed by atoms with E-state index in [4.69, 9.17) is 4.42 Å². The first-order valence-corrected chi connectivity index (χ1v) is 11.4. The van der Waals surface area contributed by atoms with Crippen LogP contribution in [0.1, 0.15) is 22.4 Å². The van der Waals surface area contributed by atoms with Crippen LogP contribution in [0.3, 0.4) is 0 Å². The second-order valence-corrected chi connectivity index (χ2v) is 9.38. The van der Waals surface area contributed by atoms with Crippen molar-refractivity contribution in [2.45, 2.75) is 17.9 Å². The van der Waals surface area contributed by atoms with Crippen LogP contribution in [0.2, 0.25) is 0 Å². The molecule has 1 aromatic carbocycles. The van der Waals surface area contributed by atoms with Crippen LogP contribution in [-0.4, -0.2) is 13.4 Å². The van der Waals surface area contributed by atoms with Gasteiger partial charge in [0.1, 0.15) is 12.0 Å². The summed E-state index contributed by atoms with van der Waals surface area (Å²) >= 11 is 3.07. The molecule has 3 heterocycles. The molecule has 0 aliphatic heterocycles. The number of thiophene rings is 2. The molecule has 0 saturated heterocycles. The van der Waals surface area contributed by atoms with Gasteiger partial charge < -0.3 is 4.42 Å². The summed E-state index contributed by atoms with van der Waals surface area (Å²) in [4.78, 5) is 5.42. The Balaban J connectivity index is 1.62. The van der Waals surface area contributed by atoms with E-state index in [-0.39, 0.29) is 4.90 Å². The van der Waals surface area contributed by atoms with Crippen LogP contribution >= 0.6 is 22.7 Å². The SMILES string of the molecule is Cc1nc(-c2ccc(S(=O)(=O)NC(c3ccsc3)c3cccs3)cc2)co1. The topological polar surface area (TPSA) is 72.2 Å². The lowest BCUT2D eigenvalue weighted by atomic mass is 10.1. The van der Waals surface area contributed by atoms with Crippen LogP contribution in [0.5, 0.6) is 0 Å². The van der Waals surface area contributed by atoms with Crippen molar-refractivity contribution in [2.75, 3.05) is 0 Å². The number of hydrogen-bond donors (Lipinski definition) is 1. The molecular formula is C19H16N2O3S3.